The van der Waals surface area contributed by atoms with Crippen LogP contribution >= 0.6 is 0 Å². The van der Waals surface area contributed by atoms with Crippen molar-refractivity contribution in [2.75, 3.05) is 13.7 Å². The van der Waals surface area contributed by atoms with Crippen LogP contribution in [0.1, 0.15) is 12.5 Å². The van der Waals surface area contributed by atoms with Gasteiger partial charge in [-0.05, 0) is 36.3 Å². The third-order valence-electron chi connectivity index (χ3n) is 2.77. The van der Waals surface area contributed by atoms with E-state index in [1.807, 2.05) is 13.0 Å². The van der Waals surface area contributed by atoms with Crippen molar-refractivity contribution in [3.05, 3.63) is 41.7 Å². The lowest BCUT2D eigenvalue weighted by Gasteiger charge is -2.24. The SMILES string of the molecule is CCOC1N=CC(c2ccc(F)cc2)=CC1OC. The first-order valence-electron chi connectivity index (χ1n) is 5.90. The fourth-order valence-corrected chi connectivity index (χ4v) is 1.85. The summed E-state index contributed by atoms with van der Waals surface area (Å²) >= 11 is 0. The van der Waals surface area contributed by atoms with Crippen molar-refractivity contribution >= 4 is 11.8 Å². The van der Waals surface area contributed by atoms with Crippen molar-refractivity contribution in [1.82, 2.24) is 0 Å². The van der Waals surface area contributed by atoms with E-state index < -0.39 is 0 Å². The minimum Gasteiger partial charge on any atom is -0.373 e. The molecule has 0 spiro atoms. The Hall–Kier alpha value is -1.52. The Morgan fingerprint density at radius 2 is 2.00 bits per heavy atom. The molecule has 1 heterocycles. The van der Waals surface area contributed by atoms with E-state index in [-0.39, 0.29) is 18.1 Å². The first-order valence-corrected chi connectivity index (χ1v) is 5.90. The van der Waals surface area contributed by atoms with Crippen LogP contribution in [-0.4, -0.2) is 32.3 Å². The molecule has 0 bridgehead atoms. The van der Waals surface area contributed by atoms with Crippen LogP contribution < -0.4 is 0 Å². The molecule has 1 aliphatic rings. The molecule has 0 aliphatic carbocycles. The van der Waals surface area contributed by atoms with Crippen LogP contribution in [0.3, 0.4) is 0 Å². The lowest BCUT2D eigenvalue weighted by molar-refractivity contribution is -0.0258. The van der Waals surface area contributed by atoms with Crippen LogP contribution in [0.2, 0.25) is 0 Å². The molecule has 3 nitrogen and oxygen atoms in total. The molecule has 1 aromatic carbocycles. The molecule has 1 aliphatic heterocycles. The largest absolute Gasteiger partial charge is 0.373 e. The van der Waals surface area contributed by atoms with Crippen LogP contribution in [-0.2, 0) is 9.47 Å². The zero-order valence-corrected chi connectivity index (χ0v) is 10.5. The van der Waals surface area contributed by atoms with Crippen LogP contribution in [0.5, 0.6) is 0 Å². The smallest absolute Gasteiger partial charge is 0.177 e. The molecule has 1 aromatic rings. The Labute approximate surface area is 106 Å². The van der Waals surface area contributed by atoms with E-state index in [9.17, 15) is 4.39 Å². The lowest BCUT2D eigenvalue weighted by atomic mass is 10.0. The summed E-state index contributed by atoms with van der Waals surface area (Å²) in [6.45, 7) is 2.50. The highest BCUT2D eigenvalue weighted by atomic mass is 19.1. The minimum atomic E-state index is -0.302. The van der Waals surface area contributed by atoms with Gasteiger partial charge in [0.05, 0.1) is 0 Å². The maximum Gasteiger partial charge on any atom is 0.177 e. The highest BCUT2D eigenvalue weighted by molar-refractivity contribution is 6.10. The summed E-state index contributed by atoms with van der Waals surface area (Å²) in [6.07, 6.45) is 3.17. The molecular formula is C14H16FNO2. The molecule has 0 saturated heterocycles. The predicted octanol–water partition coefficient (Wildman–Crippen LogP) is 2.67. The normalized spacial score (nSPS) is 22.9. The van der Waals surface area contributed by atoms with Gasteiger partial charge in [-0.3, -0.25) is 4.99 Å². The van der Waals surface area contributed by atoms with E-state index in [0.717, 1.165) is 11.1 Å². The number of hydrogen-bond donors (Lipinski definition) is 0. The fourth-order valence-electron chi connectivity index (χ4n) is 1.85. The van der Waals surface area contributed by atoms with Gasteiger partial charge >= 0.3 is 0 Å². The van der Waals surface area contributed by atoms with Gasteiger partial charge in [0.1, 0.15) is 11.9 Å². The van der Waals surface area contributed by atoms with Gasteiger partial charge in [0.2, 0.25) is 0 Å². The molecular weight excluding hydrogens is 233 g/mol. The lowest BCUT2D eigenvalue weighted by Crippen LogP contribution is -2.30. The van der Waals surface area contributed by atoms with Crippen LogP contribution in [0.25, 0.3) is 5.57 Å². The monoisotopic (exact) mass is 249 g/mol. The molecule has 0 fully saturated rings. The average Bonchev–Trinajstić information content (AvgIpc) is 2.40. The van der Waals surface area contributed by atoms with E-state index in [0.29, 0.717) is 6.61 Å². The van der Waals surface area contributed by atoms with E-state index >= 15 is 0 Å². The molecule has 2 atom stereocenters. The standard InChI is InChI=1S/C14H16FNO2/c1-3-18-14-13(17-2)8-11(9-16-14)10-4-6-12(15)7-5-10/h4-9,13-14H,3H2,1-2H3. The molecule has 4 heteroatoms. The van der Waals surface area contributed by atoms with Crippen LogP contribution in [0.4, 0.5) is 4.39 Å². The third kappa shape index (κ3) is 2.83. The van der Waals surface area contributed by atoms with Gasteiger partial charge in [-0.2, -0.15) is 0 Å². The molecule has 2 unspecified atom stereocenters. The van der Waals surface area contributed by atoms with Crippen LogP contribution in [0.15, 0.2) is 35.3 Å². The summed E-state index contributed by atoms with van der Waals surface area (Å²) < 4.78 is 23.7. The van der Waals surface area contributed by atoms with Gasteiger partial charge < -0.3 is 9.47 Å². The zero-order chi connectivity index (χ0) is 13.0. The number of methoxy groups -OCH3 is 1. The van der Waals surface area contributed by atoms with Crippen molar-refractivity contribution < 1.29 is 13.9 Å². The summed E-state index contributed by atoms with van der Waals surface area (Å²) in [5.41, 5.74) is 1.83. The highest BCUT2D eigenvalue weighted by Crippen LogP contribution is 2.21. The molecule has 0 radical (unpaired) electrons. The highest BCUT2D eigenvalue weighted by Gasteiger charge is 2.22. The molecule has 96 valence electrons. The Kier molecular flexibility index (Phi) is 4.23. The number of benzene rings is 1. The Bertz CT molecular complexity index is 453. The zero-order valence-electron chi connectivity index (χ0n) is 10.5. The first kappa shape index (κ1) is 12.9. The van der Waals surface area contributed by atoms with Gasteiger partial charge in [-0.1, -0.05) is 12.1 Å². The van der Waals surface area contributed by atoms with Gasteiger partial charge in [0, 0.05) is 19.9 Å². The fraction of sp³-hybridized carbons (Fsp3) is 0.357. The van der Waals surface area contributed by atoms with E-state index in [4.69, 9.17) is 9.47 Å². The summed E-state index contributed by atoms with van der Waals surface area (Å²) in [7, 11) is 1.62. The van der Waals surface area contributed by atoms with E-state index in [1.165, 1.54) is 12.1 Å². The van der Waals surface area contributed by atoms with Crippen molar-refractivity contribution in [2.24, 2.45) is 4.99 Å². The van der Waals surface area contributed by atoms with Crippen molar-refractivity contribution in [1.29, 1.82) is 0 Å². The first-order chi connectivity index (χ1) is 8.74. The summed E-state index contributed by atoms with van der Waals surface area (Å²) in [5, 5.41) is 0. The molecule has 0 aromatic heterocycles. The number of dihydropyridines is 1. The molecule has 0 N–H and O–H groups in total. The van der Waals surface area contributed by atoms with Crippen LogP contribution in [0, 0.1) is 5.82 Å². The van der Waals surface area contributed by atoms with E-state index in [1.54, 1.807) is 25.5 Å². The quantitative estimate of drug-likeness (QED) is 0.821. The molecule has 0 amide bonds. The van der Waals surface area contributed by atoms with Crippen molar-refractivity contribution in [3.8, 4) is 0 Å². The van der Waals surface area contributed by atoms with Gasteiger partial charge in [0.25, 0.3) is 0 Å². The number of allylic oxidation sites excluding steroid dienone is 1. The maximum atomic E-state index is 12.9. The second-order valence-electron chi connectivity index (χ2n) is 3.95. The Morgan fingerprint density at radius 1 is 1.28 bits per heavy atom. The molecule has 18 heavy (non-hydrogen) atoms. The number of halogens is 1. The predicted molar refractivity (Wildman–Crippen MR) is 69.1 cm³/mol. The van der Waals surface area contributed by atoms with Crippen molar-refractivity contribution in [2.45, 2.75) is 19.3 Å². The second kappa shape index (κ2) is 5.89. The van der Waals surface area contributed by atoms with Gasteiger partial charge in [-0.15, -0.1) is 0 Å². The van der Waals surface area contributed by atoms with Crippen molar-refractivity contribution in [3.63, 3.8) is 0 Å². The second-order valence-corrected chi connectivity index (χ2v) is 3.95. The summed E-state index contributed by atoms with van der Waals surface area (Å²) in [4.78, 5) is 4.32. The number of ether oxygens (including phenoxy) is 2. The Balaban J connectivity index is 2.20. The number of aliphatic imine (C=N–C) groups is 1. The number of rotatable bonds is 4. The molecule has 0 saturated carbocycles. The minimum absolute atomic E-state index is 0.213. The van der Waals surface area contributed by atoms with Gasteiger partial charge in [0.15, 0.2) is 6.23 Å². The number of nitrogens with zero attached hydrogens (tertiary/aromatic N) is 1. The summed E-state index contributed by atoms with van der Waals surface area (Å²) in [6, 6.07) is 6.31. The molecule has 2 rings (SSSR count). The maximum absolute atomic E-state index is 12.9. The third-order valence-corrected chi connectivity index (χ3v) is 2.77. The number of hydrogen-bond acceptors (Lipinski definition) is 3. The summed E-state index contributed by atoms with van der Waals surface area (Å²) in [5.74, 6) is -0.248. The topological polar surface area (TPSA) is 30.8 Å². The Morgan fingerprint density at radius 3 is 2.61 bits per heavy atom. The van der Waals surface area contributed by atoms with Gasteiger partial charge in [-0.25, -0.2) is 4.39 Å². The average molecular weight is 249 g/mol. The van der Waals surface area contributed by atoms with E-state index in [2.05, 4.69) is 4.99 Å².